The lowest BCUT2D eigenvalue weighted by Gasteiger charge is -2.10. The van der Waals surface area contributed by atoms with Gasteiger partial charge < -0.3 is 10.5 Å². The average Bonchev–Trinajstić information content (AvgIpc) is 3.06. The van der Waals surface area contributed by atoms with Gasteiger partial charge in [0.25, 0.3) is 0 Å². The Labute approximate surface area is 151 Å². The fourth-order valence-corrected chi connectivity index (χ4v) is 2.75. The third-order valence-corrected chi connectivity index (χ3v) is 3.98. The van der Waals surface area contributed by atoms with Crippen LogP contribution in [0.15, 0.2) is 59.0 Å². The highest BCUT2D eigenvalue weighted by atomic mass is 32.1. The van der Waals surface area contributed by atoms with Crippen LogP contribution < -0.4 is 15.9 Å². The molecule has 3 aromatic rings. The number of anilines is 2. The van der Waals surface area contributed by atoms with E-state index in [0.717, 1.165) is 23.4 Å². The minimum Gasteiger partial charge on any atom is -0.406 e. The van der Waals surface area contributed by atoms with Crippen LogP contribution in [0.3, 0.4) is 0 Å². The van der Waals surface area contributed by atoms with Gasteiger partial charge in [0, 0.05) is 22.2 Å². The smallest absolute Gasteiger partial charge is 0.406 e. The van der Waals surface area contributed by atoms with E-state index >= 15 is 0 Å². The zero-order valence-electron chi connectivity index (χ0n) is 13.2. The zero-order chi connectivity index (χ0) is 18.6. The van der Waals surface area contributed by atoms with Crippen LogP contribution in [0.4, 0.5) is 24.0 Å². The van der Waals surface area contributed by atoms with Crippen LogP contribution in [0.2, 0.25) is 0 Å². The summed E-state index contributed by atoms with van der Waals surface area (Å²) in [5.74, 6) is -0.367. The van der Waals surface area contributed by atoms with Crippen molar-refractivity contribution in [3.8, 4) is 17.0 Å². The maximum absolute atomic E-state index is 12.3. The molecule has 134 valence electrons. The van der Waals surface area contributed by atoms with E-state index < -0.39 is 6.36 Å². The molecule has 3 rings (SSSR count). The first kappa shape index (κ1) is 17.7. The van der Waals surface area contributed by atoms with E-state index in [1.54, 1.807) is 0 Å². The van der Waals surface area contributed by atoms with Crippen molar-refractivity contribution in [1.82, 2.24) is 4.98 Å². The zero-order valence-corrected chi connectivity index (χ0v) is 14.0. The van der Waals surface area contributed by atoms with E-state index in [9.17, 15) is 13.2 Å². The Hall–Kier alpha value is -3.07. The maximum Gasteiger partial charge on any atom is 0.573 e. The van der Waals surface area contributed by atoms with E-state index in [0.29, 0.717) is 10.7 Å². The molecule has 0 spiro atoms. The number of nitrogens with zero attached hydrogens (tertiary/aromatic N) is 2. The fraction of sp³-hybridized carbons (Fsp3) is 0.0588. The predicted molar refractivity (Wildman–Crippen MR) is 96.3 cm³/mol. The molecule has 0 amide bonds. The Morgan fingerprint density at radius 2 is 1.92 bits per heavy atom. The summed E-state index contributed by atoms with van der Waals surface area (Å²) >= 11 is 1.35. The molecule has 3 N–H and O–H groups in total. The van der Waals surface area contributed by atoms with Gasteiger partial charge in [-0.2, -0.15) is 5.10 Å². The monoisotopic (exact) mass is 378 g/mol. The third kappa shape index (κ3) is 4.73. The topological polar surface area (TPSA) is 72.5 Å². The lowest BCUT2D eigenvalue weighted by atomic mass is 10.2. The minimum atomic E-state index is -4.77. The number of nitrogens with one attached hydrogen (secondary N) is 1. The minimum absolute atomic E-state index is 0.272. The van der Waals surface area contributed by atoms with Gasteiger partial charge in [-0.1, -0.05) is 30.3 Å². The Morgan fingerprint density at radius 3 is 2.65 bits per heavy atom. The van der Waals surface area contributed by atoms with Crippen molar-refractivity contribution in [2.45, 2.75) is 6.36 Å². The fourth-order valence-electron chi connectivity index (χ4n) is 2.09. The van der Waals surface area contributed by atoms with Gasteiger partial charge in [-0.25, -0.2) is 4.98 Å². The van der Waals surface area contributed by atoms with Crippen LogP contribution >= 0.6 is 11.3 Å². The molecule has 2 aromatic carbocycles. The van der Waals surface area contributed by atoms with Crippen LogP contribution in [-0.2, 0) is 0 Å². The average molecular weight is 378 g/mol. The van der Waals surface area contributed by atoms with Crippen LogP contribution in [-0.4, -0.2) is 17.6 Å². The largest absolute Gasteiger partial charge is 0.573 e. The van der Waals surface area contributed by atoms with Gasteiger partial charge in [0.2, 0.25) is 5.13 Å². The Morgan fingerprint density at radius 1 is 1.15 bits per heavy atom. The summed E-state index contributed by atoms with van der Waals surface area (Å²) in [4.78, 5) is 4.39. The van der Waals surface area contributed by atoms with E-state index in [2.05, 4.69) is 20.2 Å². The second-order valence-electron chi connectivity index (χ2n) is 5.11. The van der Waals surface area contributed by atoms with Gasteiger partial charge in [0.15, 0.2) is 0 Å². The van der Waals surface area contributed by atoms with E-state index in [1.807, 2.05) is 35.7 Å². The predicted octanol–water partition coefficient (Wildman–Crippen LogP) is 4.74. The number of alkyl halides is 3. The molecule has 0 radical (unpaired) electrons. The summed E-state index contributed by atoms with van der Waals surface area (Å²) in [6, 6.07) is 13.2. The van der Waals surface area contributed by atoms with Gasteiger partial charge in [-0.15, -0.1) is 24.5 Å². The SMILES string of the molecule is Nc1ccc(OC(F)(F)F)cc1C=NNc1nc(-c2ccccc2)cs1. The first-order chi connectivity index (χ1) is 12.4. The van der Waals surface area contributed by atoms with Gasteiger partial charge in [0.05, 0.1) is 11.9 Å². The molecule has 0 atom stereocenters. The van der Waals surface area contributed by atoms with Crippen molar-refractivity contribution in [2.24, 2.45) is 5.10 Å². The first-order valence-electron chi connectivity index (χ1n) is 7.36. The van der Waals surface area contributed by atoms with Gasteiger partial charge in [-0.05, 0) is 18.2 Å². The number of thiazole rings is 1. The molecule has 0 aliphatic carbocycles. The molecule has 0 fully saturated rings. The summed E-state index contributed by atoms with van der Waals surface area (Å²) in [5.41, 5.74) is 10.8. The van der Waals surface area contributed by atoms with Crippen molar-refractivity contribution in [3.05, 3.63) is 59.5 Å². The summed E-state index contributed by atoms with van der Waals surface area (Å²) in [5, 5.41) is 6.39. The summed E-state index contributed by atoms with van der Waals surface area (Å²) < 4.78 is 40.7. The normalized spacial score (nSPS) is 11.7. The molecular weight excluding hydrogens is 365 g/mol. The Bertz CT molecular complexity index is 910. The number of hydrogen-bond donors (Lipinski definition) is 2. The number of nitrogen functional groups attached to an aromatic ring is 1. The lowest BCUT2D eigenvalue weighted by Crippen LogP contribution is -2.17. The molecule has 1 heterocycles. The highest BCUT2D eigenvalue weighted by Gasteiger charge is 2.31. The highest BCUT2D eigenvalue weighted by Crippen LogP contribution is 2.26. The van der Waals surface area contributed by atoms with Crippen molar-refractivity contribution in [1.29, 1.82) is 0 Å². The molecule has 0 aliphatic heterocycles. The van der Waals surface area contributed by atoms with Crippen molar-refractivity contribution >= 4 is 28.4 Å². The summed E-state index contributed by atoms with van der Waals surface area (Å²) in [6.07, 6.45) is -3.46. The number of hydrazone groups is 1. The van der Waals surface area contributed by atoms with E-state index in [-0.39, 0.29) is 11.4 Å². The maximum atomic E-state index is 12.3. The third-order valence-electron chi connectivity index (χ3n) is 3.23. The number of hydrogen-bond acceptors (Lipinski definition) is 6. The van der Waals surface area contributed by atoms with E-state index in [4.69, 9.17) is 5.73 Å². The Balaban J connectivity index is 1.69. The number of ether oxygens (including phenoxy) is 1. The molecule has 26 heavy (non-hydrogen) atoms. The van der Waals surface area contributed by atoms with Crippen LogP contribution in [0, 0.1) is 0 Å². The molecule has 0 aliphatic rings. The van der Waals surface area contributed by atoms with E-state index in [1.165, 1.54) is 23.6 Å². The second kappa shape index (κ2) is 7.44. The number of benzene rings is 2. The van der Waals surface area contributed by atoms with Crippen LogP contribution in [0.5, 0.6) is 5.75 Å². The molecule has 9 heteroatoms. The number of halogens is 3. The molecule has 1 aromatic heterocycles. The summed E-state index contributed by atoms with van der Waals surface area (Å²) in [6.45, 7) is 0. The van der Waals surface area contributed by atoms with Crippen LogP contribution in [0.1, 0.15) is 5.56 Å². The molecule has 0 unspecified atom stereocenters. The number of nitrogens with two attached hydrogens (primary N) is 1. The molecule has 0 saturated heterocycles. The first-order valence-corrected chi connectivity index (χ1v) is 8.24. The van der Waals surface area contributed by atoms with Gasteiger partial charge in [0.1, 0.15) is 5.75 Å². The van der Waals surface area contributed by atoms with Crippen molar-refractivity contribution in [2.75, 3.05) is 11.2 Å². The highest BCUT2D eigenvalue weighted by molar-refractivity contribution is 7.14. The number of aromatic nitrogens is 1. The lowest BCUT2D eigenvalue weighted by molar-refractivity contribution is -0.274. The molecule has 0 saturated carbocycles. The van der Waals surface area contributed by atoms with Crippen LogP contribution in [0.25, 0.3) is 11.3 Å². The summed E-state index contributed by atoms with van der Waals surface area (Å²) in [7, 11) is 0. The Kier molecular flexibility index (Phi) is 5.08. The van der Waals surface area contributed by atoms with Crippen molar-refractivity contribution < 1.29 is 17.9 Å². The molecule has 0 bridgehead atoms. The molecule has 5 nitrogen and oxygen atoms in total. The molecular formula is C17H13F3N4OS. The van der Waals surface area contributed by atoms with Gasteiger partial charge in [-0.3, -0.25) is 5.43 Å². The van der Waals surface area contributed by atoms with Crippen molar-refractivity contribution in [3.63, 3.8) is 0 Å². The number of rotatable bonds is 5. The standard InChI is InChI=1S/C17H13F3N4OS/c18-17(19,20)25-13-6-7-14(21)12(8-13)9-22-24-16-23-15(10-26-16)11-4-2-1-3-5-11/h1-10H,21H2,(H,23,24). The second-order valence-corrected chi connectivity index (χ2v) is 5.97. The van der Waals surface area contributed by atoms with Gasteiger partial charge >= 0.3 is 6.36 Å². The quantitative estimate of drug-likeness (QED) is 0.382.